The summed E-state index contributed by atoms with van der Waals surface area (Å²) in [6.07, 6.45) is 0. The molecule has 0 atom stereocenters. The van der Waals surface area contributed by atoms with E-state index in [0.29, 0.717) is 11.3 Å². The fourth-order valence-electron chi connectivity index (χ4n) is 1.67. The Bertz CT molecular complexity index is 644. The molecule has 6 heteroatoms. The number of pyridine rings is 1. The molecule has 2 rings (SSSR count). The van der Waals surface area contributed by atoms with E-state index in [9.17, 15) is 9.18 Å². The summed E-state index contributed by atoms with van der Waals surface area (Å²) < 4.78 is 18.4. The Morgan fingerprint density at radius 3 is 2.74 bits per heavy atom. The SMILES string of the molecule is COc1ccc(F)cc1-c1ccc(N)c(C(=O)O)n1. The number of carboxylic acid groups (broad SMARTS) is 1. The van der Waals surface area contributed by atoms with E-state index in [1.54, 1.807) is 0 Å². The fourth-order valence-corrected chi connectivity index (χ4v) is 1.67. The van der Waals surface area contributed by atoms with Crippen molar-refractivity contribution in [3.8, 4) is 17.0 Å². The molecule has 0 bridgehead atoms. The number of carboxylic acids is 1. The van der Waals surface area contributed by atoms with Gasteiger partial charge in [0, 0.05) is 5.56 Å². The van der Waals surface area contributed by atoms with Crippen molar-refractivity contribution < 1.29 is 19.0 Å². The molecule has 0 aliphatic rings. The normalized spacial score (nSPS) is 10.2. The quantitative estimate of drug-likeness (QED) is 0.885. The number of aromatic nitrogens is 1. The second-order valence-electron chi connectivity index (χ2n) is 3.78. The summed E-state index contributed by atoms with van der Waals surface area (Å²) in [5.74, 6) is -1.31. The van der Waals surface area contributed by atoms with Gasteiger partial charge in [-0.25, -0.2) is 14.2 Å². The lowest BCUT2D eigenvalue weighted by molar-refractivity contribution is 0.0692. The molecule has 2 aromatic rings. The second kappa shape index (κ2) is 4.93. The molecule has 0 saturated carbocycles. The standard InChI is InChI=1S/C13H11FN2O3/c1-19-11-5-2-7(14)6-8(11)10-4-3-9(15)12(16-10)13(17)18/h2-6H,15H2,1H3,(H,17,18). The molecule has 19 heavy (non-hydrogen) atoms. The predicted molar refractivity (Wildman–Crippen MR) is 67.6 cm³/mol. The van der Waals surface area contributed by atoms with Gasteiger partial charge in [-0.15, -0.1) is 0 Å². The summed E-state index contributed by atoms with van der Waals surface area (Å²) in [7, 11) is 1.44. The van der Waals surface area contributed by atoms with Gasteiger partial charge in [-0.3, -0.25) is 0 Å². The van der Waals surface area contributed by atoms with Crippen LogP contribution in [-0.2, 0) is 0 Å². The Morgan fingerprint density at radius 2 is 2.11 bits per heavy atom. The number of nitrogens with zero attached hydrogens (tertiary/aromatic N) is 1. The summed E-state index contributed by atoms with van der Waals surface area (Å²) in [5.41, 5.74) is 5.94. The summed E-state index contributed by atoms with van der Waals surface area (Å²) >= 11 is 0. The Hall–Kier alpha value is -2.63. The van der Waals surface area contributed by atoms with Crippen molar-refractivity contribution in [1.29, 1.82) is 0 Å². The van der Waals surface area contributed by atoms with E-state index in [1.807, 2.05) is 0 Å². The van der Waals surface area contributed by atoms with Gasteiger partial charge in [-0.1, -0.05) is 0 Å². The van der Waals surface area contributed by atoms with Crippen molar-refractivity contribution in [3.05, 3.63) is 41.8 Å². The molecule has 0 radical (unpaired) electrons. The summed E-state index contributed by atoms with van der Waals surface area (Å²) in [4.78, 5) is 14.9. The molecule has 0 spiro atoms. The maximum atomic E-state index is 13.3. The van der Waals surface area contributed by atoms with Crippen molar-refractivity contribution in [1.82, 2.24) is 4.98 Å². The third kappa shape index (κ3) is 2.47. The van der Waals surface area contributed by atoms with Crippen LogP contribution >= 0.6 is 0 Å². The van der Waals surface area contributed by atoms with Gasteiger partial charge in [-0.2, -0.15) is 0 Å². The fraction of sp³-hybridized carbons (Fsp3) is 0.0769. The molecule has 0 fully saturated rings. The first-order valence-electron chi connectivity index (χ1n) is 5.36. The lowest BCUT2D eigenvalue weighted by Gasteiger charge is -2.09. The van der Waals surface area contributed by atoms with Crippen LogP contribution in [0.25, 0.3) is 11.3 Å². The minimum atomic E-state index is -1.24. The van der Waals surface area contributed by atoms with Crippen molar-refractivity contribution >= 4 is 11.7 Å². The number of hydrogen-bond acceptors (Lipinski definition) is 4. The number of halogens is 1. The predicted octanol–water partition coefficient (Wildman–Crippen LogP) is 2.18. The Balaban J connectivity index is 2.62. The maximum Gasteiger partial charge on any atom is 0.356 e. The van der Waals surface area contributed by atoms with Gasteiger partial charge in [0.05, 0.1) is 18.5 Å². The number of carbonyl (C=O) groups is 1. The Morgan fingerprint density at radius 1 is 1.37 bits per heavy atom. The third-order valence-electron chi connectivity index (χ3n) is 2.57. The zero-order chi connectivity index (χ0) is 14.0. The van der Waals surface area contributed by atoms with Crippen LogP contribution in [0.5, 0.6) is 5.75 Å². The molecule has 98 valence electrons. The largest absolute Gasteiger partial charge is 0.496 e. The molecule has 0 saturated heterocycles. The number of ether oxygens (including phenoxy) is 1. The van der Waals surface area contributed by atoms with Crippen LogP contribution in [0.4, 0.5) is 10.1 Å². The summed E-state index contributed by atoms with van der Waals surface area (Å²) in [6, 6.07) is 6.85. The monoisotopic (exact) mass is 262 g/mol. The van der Waals surface area contributed by atoms with Crippen molar-refractivity contribution in [2.75, 3.05) is 12.8 Å². The highest BCUT2D eigenvalue weighted by Crippen LogP contribution is 2.30. The number of anilines is 1. The smallest absolute Gasteiger partial charge is 0.356 e. The number of rotatable bonds is 3. The van der Waals surface area contributed by atoms with Crippen LogP contribution in [0.3, 0.4) is 0 Å². The first-order chi connectivity index (χ1) is 9.02. The highest BCUT2D eigenvalue weighted by molar-refractivity contribution is 5.92. The first-order valence-corrected chi connectivity index (χ1v) is 5.36. The Labute approximate surface area is 108 Å². The molecule has 0 aliphatic heterocycles. The molecule has 1 aromatic heterocycles. The highest BCUT2D eigenvalue weighted by Gasteiger charge is 2.14. The van der Waals surface area contributed by atoms with E-state index in [1.165, 1.54) is 37.4 Å². The van der Waals surface area contributed by atoms with Gasteiger partial charge < -0.3 is 15.6 Å². The number of methoxy groups -OCH3 is 1. The topological polar surface area (TPSA) is 85.4 Å². The third-order valence-corrected chi connectivity index (χ3v) is 2.57. The zero-order valence-electron chi connectivity index (χ0n) is 10.1. The van der Waals surface area contributed by atoms with Crippen LogP contribution in [-0.4, -0.2) is 23.2 Å². The molecule has 3 N–H and O–H groups in total. The lowest BCUT2D eigenvalue weighted by Crippen LogP contribution is -2.06. The van der Waals surface area contributed by atoms with Gasteiger partial charge in [0.2, 0.25) is 0 Å². The van der Waals surface area contributed by atoms with E-state index in [2.05, 4.69) is 4.98 Å². The second-order valence-corrected chi connectivity index (χ2v) is 3.78. The first kappa shape index (κ1) is 12.8. The van der Waals surface area contributed by atoms with E-state index < -0.39 is 11.8 Å². The lowest BCUT2D eigenvalue weighted by atomic mass is 10.1. The van der Waals surface area contributed by atoms with Gasteiger partial charge in [0.25, 0.3) is 0 Å². The number of nitrogens with two attached hydrogens (primary N) is 1. The number of hydrogen-bond donors (Lipinski definition) is 2. The van der Waals surface area contributed by atoms with Crippen LogP contribution in [0.2, 0.25) is 0 Å². The van der Waals surface area contributed by atoms with E-state index in [0.717, 1.165) is 0 Å². The number of aromatic carboxylic acids is 1. The minimum absolute atomic E-state index is 0.0478. The van der Waals surface area contributed by atoms with Crippen molar-refractivity contribution in [2.45, 2.75) is 0 Å². The van der Waals surface area contributed by atoms with E-state index >= 15 is 0 Å². The maximum absolute atomic E-state index is 13.3. The van der Waals surface area contributed by atoms with Crippen LogP contribution in [0.1, 0.15) is 10.5 Å². The molecule has 1 heterocycles. The molecule has 0 amide bonds. The van der Waals surface area contributed by atoms with E-state index in [4.69, 9.17) is 15.6 Å². The van der Waals surface area contributed by atoms with Crippen molar-refractivity contribution in [3.63, 3.8) is 0 Å². The average Bonchev–Trinajstić information content (AvgIpc) is 2.39. The summed E-state index contributed by atoms with van der Waals surface area (Å²) in [6.45, 7) is 0. The zero-order valence-corrected chi connectivity index (χ0v) is 10.1. The van der Waals surface area contributed by atoms with Gasteiger partial charge >= 0.3 is 5.97 Å². The highest BCUT2D eigenvalue weighted by atomic mass is 19.1. The van der Waals surface area contributed by atoms with Gasteiger partial charge in [-0.05, 0) is 30.3 Å². The summed E-state index contributed by atoms with van der Waals surface area (Å²) in [5, 5.41) is 8.97. The van der Waals surface area contributed by atoms with Gasteiger partial charge in [0.15, 0.2) is 5.69 Å². The average molecular weight is 262 g/mol. The van der Waals surface area contributed by atoms with Crippen molar-refractivity contribution in [2.24, 2.45) is 0 Å². The molecule has 5 nitrogen and oxygen atoms in total. The van der Waals surface area contributed by atoms with Crippen LogP contribution in [0, 0.1) is 5.82 Å². The molecule has 0 unspecified atom stereocenters. The minimum Gasteiger partial charge on any atom is -0.496 e. The Kier molecular flexibility index (Phi) is 3.33. The van der Waals surface area contributed by atoms with Crippen LogP contribution < -0.4 is 10.5 Å². The van der Waals surface area contributed by atoms with Gasteiger partial charge in [0.1, 0.15) is 11.6 Å². The molecule has 0 aliphatic carbocycles. The van der Waals surface area contributed by atoms with Crippen LogP contribution in [0.15, 0.2) is 30.3 Å². The number of benzene rings is 1. The van der Waals surface area contributed by atoms with E-state index in [-0.39, 0.29) is 17.1 Å². The molecular weight excluding hydrogens is 251 g/mol. The number of nitrogen functional groups attached to an aromatic ring is 1. The molecular formula is C13H11FN2O3. The molecule has 1 aromatic carbocycles.